The number of carbonyl (C=O) groups is 1. The molecule has 10 heteroatoms. The molecule has 144 valence electrons. The van der Waals surface area contributed by atoms with Crippen molar-refractivity contribution < 1.29 is 26.7 Å². The molecule has 1 aliphatic heterocycles. The van der Waals surface area contributed by atoms with Crippen LogP contribution in [0.1, 0.15) is 25.7 Å². The van der Waals surface area contributed by atoms with Gasteiger partial charge < -0.3 is 9.64 Å². The first-order valence-electron chi connectivity index (χ1n) is 8.32. The summed E-state index contributed by atoms with van der Waals surface area (Å²) >= 11 is 5.82. The van der Waals surface area contributed by atoms with E-state index in [1.165, 1.54) is 0 Å². The lowest BCUT2D eigenvalue weighted by atomic mass is 10.1. The van der Waals surface area contributed by atoms with Gasteiger partial charge in [-0.25, -0.2) is 13.1 Å². The standard InChI is InChI=1S/C16H19ClF2N2O4S/c17-13-9-12(3-4-14(13)25-16(18)19)26(23,24)20-11-5-7-21(8-6-11)15(22)10-1-2-10/h3-4,9-11,16,20H,1-2,5-8H2. The minimum Gasteiger partial charge on any atom is -0.433 e. The van der Waals surface area contributed by atoms with Gasteiger partial charge in [0.15, 0.2) is 0 Å². The SMILES string of the molecule is O=C(C1CC1)N1CCC(NS(=O)(=O)c2ccc(OC(F)F)c(Cl)c2)CC1. The Morgan fingerprint density at radius 3 is 2.42 bits per heavy atom. The number of alkyl halides is 2. The van der Waals surface area contributed by atoms with Crippen LogP contribution in [0.15, 0.2) is 23.1 Å². The van der Waals surface area contributed by atoms with E-state index in [4.69, 9.17) is 11.6 Å². The summed E-state index contributed by atoms with van der Waals surface area (Å²) in [4.78, 5) is 13.7. The maximum Gasteiger partial charge on any atom is 0.387 e. The molecule has 1 aromatic carbocycles. The smallest absolute Gasteiger partial charge is 0.387 e. The van der Waals surface area contributed by atoms with Crippen molar-refractivity contribution in [2.45, 2.75) is 43.2 Å². The third-order valence-corrected chi connectivity index (χ3v) is 6.30. The van der Waals surface area contributed by atoms with Gasteiger partial charge in [0.2, 0.25) is 15.9 Å². The molecule has 0 atom stereocenters. The monoisotopic (exact) mass is 408 g/mol. The second-order valence-electron chi connectivity index (χ2n) is 6.47. The zero-order chi connectivity index (χ0) is 18.9. The van der Waals surface area contributed by atoms with Crippen LogP contribution in [0.2, 0.25) is 5.02 Å². The Labute approximate surface area is 155 Å². The number of piperidine rings is 1. The number of ether oxygens (including phenoxy) is 1. The van der Waals surface area contributed by atoms with Gasteiger partial charge in [0, 0.05) is 25.0 Å². The molecule has 0 radical (unpaired) electrons. The molecule has 0 unspecified atom stereocenters. The summed E-state index contributed by atoms with van der Waals surface area (Å²) in [5, 5.41) is -0.210. The number of likely N-dealkylation sites (tertiary alicyclic amines) is 1. The quantitative estimate of drug-likeness (QED) is 0.785. The second-order valence-corrected chi connectivity index (χ2v) is 8.59. The number of nitrogens with zero attached hydrogens (tertiary/aromatic N) is 1. The lowest BCUT2D eigenvalue weighted by Crippen LogP contribution is -2.46. The normalized spacial score (nSPS) is 19.0. The van der Waals surface area contributed by atoms with Gasteiger partial charge in [-0.3, -0.25) is 4.79 Å². The van der Waals surface area contributed by atoms with Crippen LogP contribution in [0.3, 0.4) is 0 Å². The zero-order valence-corrected chi connectivity index (χ0v) is 15.4. The minimum absolute atomic E-state index is 0.124. The van der Waals surface area contributed by atoms with Crippen LogP contribution in [0, 0.1) is 5.92 Å². The molecule has 0 spiro atoms. The first kappa shape index (κ1) is 19.3. The molecule has 0 aromatic heterocycles. The summed E-state index contributed by atoms with van der Waals surface area (Å²) in [5.74, 6) is 0.0274. The van der Waals surface area contributed by atoms with Crippen LogP contribution in [0.5, 0.6) is 5.75 Å². The number of benzene rings is 1. The van der Waals surface area contributed by atoms with E-state index in [0.717, 1.165) is 31.0 Å². The first-order valence-corrected chi connectivity index (χ1v) is 10.2. The Balaban J connectivity index is 1.60. The summed E-state index contributed by atoms with van der Waals surface area (Å²) in [5.41, 5.74) is 0. The highest BCUT2D eigenvalue weighted by Crippen LogP contribution is 2.32. The molecular formula is C16H19ClF2N2O4S. The molecule has 2 fully saturated rings. The molecule has 0 bridgehead atoms. The van der Waals surface area contributed by atoms with E-state index in [1.54, 1.807) is 4.90 Å². The van der Waals surface area contributed by atoms with E-state index < -0.39 is 16.6 Å². The fourth-order valence-corrected chi connectivity index (χ4v) is 4.55. The zero-order valence-electron chi connectivity index (χ0n) is 13.8. The summed E-state index contributed by atoms with van der Waals surface area (Å²) in [7, 11) is -3.85. The number of amides is 1. The van der Waals surface area contributed by atoms with Gasteiger partial charge in [-0.15, -0.1) is 0 Å². The lowest BCUT2D eigenvalue weighted by molar-refractivity contribution is -0.133. The van der Waals surface area contributed by atoms with E-state index in [-0.39, 0.29) is 33.5 Å². The molecule has 1 heterocycles. The molecule has 1 saturated heterocycles. The largest absolute Gasteiger partial charge is 0.433 e. The molecule has 6 nitrogen and oxygen atoms in total. The van der Waals surface area contributed by atoms with Gasteiger partial charge in [-0.05, 0) is 43.9 Å². The maximum atomic E-state index is 12.5. The highest BCUT2D eigenvalue weighted by atomic mass is 35.5. The van der Waals surface area contributed by atoms with Crippen LogP contribution < -0.4 is 9.46 Å². The molecule has 1 N–H and O–H groups in total. The average molecular weight is 409 g/mol. The molecule has 1 amide bonds. The number of nitrogens with one attached hydrogen (secondary N) is 1. The van der Waals surface area contributed by atoms with Crippen molar-refractivity contribution in [3.63, 3.8) is 0 Å². The van der Waals surface area contributed by atoms with Crippen LogP contribution in [-0.2, 0) is 14.8 Å². The molecule has 1 aromatic rings. The maximum absolute atomic E-state index is 12.5. The first-order chi connectivity index (χ1) is 12.3. The molecule has 26 heavy (non-hydrogen) atoms. The number of halogens is 3. The third kappa shape index (κ3) is 4.63. The van der Waals surface area contributed by atoms with Crippen LogP contribution in [0.4, 0.5) is 8.78 Å². The van der Waals surface area contributed by atoms with Gasteiger partial charge >= 0.3 is 6.61 Å². The van der Waals surface area contributed by atoms with Crippen LogP contribution in [0.25, 0.3) is 0 Å². The molecular weight excluding hydrogens is 390 g/mol. The summed E-state index contributed by atoms with van der Waals surface area (Å²) < 4.78 is 56.2. The number of carbonyl (C=O) groups excluding carboxylic acids is 1. The number of hydrogen-bond donors (Lipinski definition) is 1. The van der Waals surface area contributed by atoms with Crippen molar-refractivity contribution in [2.24, 2.45) is 5.92 Å². The topological polar surface area (TPSA) is 75.7 Å². The van der Waals surface area contributed by atoms with E-state index in [0.29, 0.717) is 25.9 Å². The Morgan fingerprint density at radius 2 is 1.88 bits per heavy atom. The number of hydrogen-bond acceptors (Lipinski definition) is 4. The molecule has 1 aliphatic carbocycles. The number of rotatable bonds is 6. The Morgan fingerprint density at radius 1 is 1.23 bits per heavy atom. The third-order valence-electron chi connectivity index (χ3n) is 4.48. The van der Waals surface area contributed by atoms with Gasteiger partial charge in [0.25, 0.3) is 0 Å². The summed E-state index contributed by atoms with van der Waals surface area (Å²) in [6.07, 6.45) is 2.94. The van der Waals surface area contributed by atoms with Gasteiger partial charge in [0.05, 0.1) is 9.92 Å². The fourth-order valence-electron chi connectivity index (χ4n) is 2.93. The lowest BCUT2D eigenvalue weighted by Gasteiger charge is -2.32. The highest BCUT2D eigenvalue weighted by molar-refractivity contribution is 7.89. The fraction of sp³-hybridized carbons (Fsp3) is 0.562. The van der Waals surface area contributed by atoms with Crippen molar-refractivity contribution in [3.8, 4) is 5.75 Å². The van der Waals surface area contributed by atoms with E-state index in [2.05, 4.69) is 9.46 Å². The number of sulfonamides is 1. The predicted molar refractivity (Wildman–Crippen MR) is 90.7 cm³/mol. The minimum atomic E-state index is -3.85. The van der Waals surface area contributed by atoms with Crippen molar-refractivity contribution in [3.05, 3.63) is 23.2 Å². The van der Waals surface area contributed by atoms with Crippen LogP contribution >= 0.6 is 11.6 Å². The highest BCUT2D eigenvalue weighted by Gasteiger charge is 2.35. The van der Waals surface area contributed by atoms with Crippen molar-refractivity contribution in [1.29, 1.82) is 0 Å². The van der Waals surface area contributed by atoms with Crippen molar-refractivity contribution >= 4 is 27.5 Å². The van der Waals surface area contributed by atoms with Gasteiger partial charge in [0.1, 0.15) is 5.75 Å². The van der Waals surface area contributed by atoms with Crippen molar-refractivity contribution in [1.82, 2.24) is 9.62 Å². The molecule has 1 saturated carbocycles. The average Bonchev–Trinajstić information content (AvgIpc) is 3.41. The second kappa shape index (κ2) is 7.66. The summed E-state index contributed by atoms with van der Waals surface area (Å²) in [6.45, 7) is -2.01. The molecule has 2 aliphatic rings. The Kier molecular flexibility index (Phi) is 5.69. The Bertz CT molecular complexity index is 778. The van der Waals surface area contributed by atoms with E-state index in [1.807, 2.05) is 0 Å². The van der Waals surface area contributed by atoms with Gasteiger partial charge in [-0.2, -0.15) is 8.78 Å². The van der Waals surface area contributed by atoms with Crippen molar-refractivity contribution in [2.75, 3.05) is 13.1 Å². The molecule has 3 rings (SSSR count). The van der Waals surface area contributed by atoms with Crippen LogP contribution in [-0.4, -0.2) is 45.0 Å². The van der Waals surface area contributed by atoms with E-state index in [9.17, 15) is 22.0 Å². The summed E-state index contributed by atoms with van der Waals surface area (Å²) in [6, 6.07) is 3.05. The van der Waals surface area contributed by atoms with Gasteiger partial charge in [-0.1, -0.05) is 11.6 Å². The van der Waals surface area contributed by atoms with E-state index >= 15 is 0 Å². The predicted octanol–water partition coefficient (Wildman–Crippen LogP) is 2.62. The Hall–Kier alpha value is -1.45.